The van der Waals surface area contributed by atoms with Crippen molar-refractivity contribution in [3.8, 4) is 0 Å². The minimum Gasteiger partial charge on any atom is -0.462 e. The fraction of sp³-hybridized carbons (Fsp3) is 0.500. The summed E-state index contributed by atoms with van der Waals surface area (Å²) in [5.41, 5.74) is 2.76. The lowest BCUT2D eigenvalue weighted by Crippen LogP contribution is -2.30. The number of hydrogen-bond donors (Lipinski definition) is 3. The highest BCUT2D eigenvalue weighted by Gasteiger charge is 2.34. The predicted molar refractivity (Wildman–Crippen MR) is 131 cm³/mol. The summed E-state index contributed by atoms with van der Waals surface area (Å²) in [6.45, 7) is 6.03. The van der Waals surface area contributed by atoms with Gasteiger partial charge in [0, 0.05) is 29.8 Å². The van der Waals surface area contributed by atoms with Crippen LogP contribution < -0.4 is 16.0 Å². The van der Waals surface area contributed by atoms with Gasteiger partial charge in [0.1, 0.15) is 5.00 Å². The highest BCUT2D eigenvalue weighted by Crippen LogP contribution is 2.41. The van der Waals surface area contributed by atoms with E-state index in [9.17, 15) is 18.4 Å². The summed E-state index contributed by atoms with van der Waals surface area (Å²) in [6, 6.07) is -0.530. The Hall–Kier alpha value is -2.30. The van der Waals surface area contributed by atoms with Gasteiger partial charge in [-0.25, -0.2) is 18.4 Å². The normalized spacial score (nSPS) is 15.3. The number of urea groups is 1. The molecule has 0 atom stereocenters. The van der Waals surface area contributed by atoms with Gasteiger partial charge < -0.3 is 15.4 Å². The lowest BCUT2D eigenvalue weighted by molar-refractivity contribution is 0.0205. The van der Waals surface area contributed by atoms with E-state index in [0.717, 1.165) is 71.4 Å². The average molecular weight is 510 g/mol. The van der Waals surface area contributed by atoms with Crippen molar-refractivity contribution >= 4 is 39.7 Å². The molecule has 2 aromatic rings. The molecule has 0 unspecified atom stereocenters. The molecule has 6 nitrogen and oxygen atoms in total. The quantitative estimate of drug-likeness (QED) is 0.249. The van der Waals surface area contributed by atoms with Crippen molar-refractivity contribution in [1.82, 2.24) is 10.6 Å². The van der Waals surface area contributed by atoms with Crippen LogP contribution in [0.4, 0.5) is 18.6 Å². The number of ether oxygens (including phenoxy) is 1. The first-order valence-corrected chi connectivity index (χ1v) is 13.1. The van der Waals surface area contributed by atoms with E-state index in [4.69, 9.17) is 4.74 Å². The molecule has 0 spiro atoms. The Labute approximate surface area is 205 Å². The van der Waals surface area contributed by atoms with Crippen molar-refractivity contribution in [3.05, 3.63) is 49.5 Å². The van der Waals surface area contributed by atoms with Crippen molar-refractivity contribution in [2.24, 2.45) is 0 Å². The third-order valence-electron chi connectivity index (χ3n) is 6.02. The van der Waals surface area contributed by atoms with Gasteiger partial charge in [-0.1, -0.05) is 6.08 Å². The zero-order chi connectivity index (χ0) is 24.3. The molecule has 1 aliphatic carbocycles. The number of aryl methyl sites for hydroxylation is 1. The number of carbonyl (C=O) groups is 2. The van der Waals surface area contributed by atoms with E-state index < -0.39 is 17.9 Å². The highest BCUT2D eigenvalue weighted by molar-refractivity contribution is 7.17. The van der Waals surface area contributed by atoms with Gasteiger partial charge in [0.05, 0.1) is 17.0 Å². The summed E-state index contributed by atoms with van der Waals surface area (Å²) in [5, 5.41) is 9.19. The zero-order valence-electron chi connectivity index (χ0n) is 19.2. The van der Waals surface area contributed by atoms with Crippen LogP contribution in [0.25, 0.3) is 0 Å². The smallest absolute Gasteiger partial charge is 0.341 e. The Balaban J connectivity index is 1.51. The van der Waals surface area contributed by atoms with Crippen LogP contribution in [0.15, 0.2) is 12.7 Å². The molecule has 2 aliphatic rings. The van der Waals surface area contributed by atoms with E-state index in [0.29, 0.717) is 35.5 Å². The Kier molecular flexibility index (Phi) is 7.69. The Morgan fingerprint density at radius 2 is 1.97 bits per heavy atom. The maximum Gasteiger partial charge on any atom is 0.341 e. The van der Waals surface area contributed by atoms with E-state index in [1.807, 2.05) is 0 Å². The lowest BCUT2D eigenvalue weighted by Gasteiger charge is -2.16. The van der Waals surface area contributed by atoms with Gasteiger partial charge in [-0.2, -0.15) is 0 Å². The van der Waals surface area contributed by atoms with Crippen LogP contribution in [-0.2, 0) is 43.0 Å². The Morgan fingerprint density at radius 3 is 2.74 bits per heavy atom. The molecule has 0 saturated heterocycles. The minimum atomic E-state index is -2.98. The number of nitrogens with one attached hydrogen (secondary N) is 3. The van der Waals surface area contributed by atoms with E-state index in [1.165, 1.54) is 11.3 Å². The van der Waals surface area contributed by atoms with Crippen LogP contribution in [0.3, 0.4) is 0 Å². The number of thiophene rings is 2. The monoisotopic (exact) mass is 509 g/mol. The summed E-state index contributed by atoms with van der Waals surface area (Å²) >= 11 is 2.50. The fourth-order valence-electron chi connectivity index (χ4n) is 4.43. The number of anilines is 1. The number of esters is 1. The van der Waals surface area contributed by atoms with Crippen LogP contribution in [-0.4, -0.2) is 25.2 Å². The largest absolute Gasteiger partial charge is 0.462 e. The SMILES string of the molecule is C=CCCOC(=O)c1c(NC(=O)NCc2c(C(C)(F)F)sc3c2CCNC3)sc2c1CCCC2. The molecule has 0 bridgehead atoms. The number of fused-ring (bicyclic) bond motifs is 2. The Morgan fingerprint density at radius 1 is 1.18 bits per heavy atom. The lowest BCUT2D eigenvalue weighted by atomic mass is 9.95. The van der Waals surface area contributed by atoms with Crippen molar-refractivity contribution in [3.63, 3.8) is 0 Å². The minimum absolute atomic E-state index is 0.000395. The molecular formula is C24H29F2N3O3S2. The number of rotatable bonds is 8. The van der Waals surface area contributed by atoms with Gasteiger partial charge in [-0.05, 0) is 61.8 Å². The molecule has 0 radical (unpaired) electrons. The number of carbonyl (C=O) groups excluding carboxylic acids is 2. The van der Waals surface area contributed by atoms with Crippen LogP contribution in [0, 0.1) is 0 Å². The van der Waals surface area contributed by atoms with Crippen molar-refractivity contribution < 1.29 is 23.1 Å². The van der Waals surface area contributed by atoms with Crippen LogP contribution in [0.2, 0.25) is 0 Å². The molecule has 1 aliphatic heterocycles. The number of alkyl halides is 2. The van der Waals surface area contributed by atoms with Crippen LogP contribution in [0.5, 0.6) is 0 Å². The zero-order valence-corrected chi connectivity index (χ0v) is 20.8. The summed E-state index contributed by atoms with van der Waals surface area (Å²) < 4.78 is 33.9. The summed E-state index contributed by atoms with van der Waals surface area (Å²) in [4.78, 5) is 27.6. The second-order valence-electron chi connectivity index (χ2n) is 8.56. The molecule has 10 heteroatoms. The molecular weight excluding hydrogens is 480 g/mol. The van der Waals surface area contributed by atoms with Gasteiger partial charge in [-0.15, -0.1) is 29.3 Å². The molecule has 2 aromatic heterocycles. The van der Waals surface area contributed by atoms with Gasteiger partial charge in [0.2, 0.25) is 0 Å². The summed E-state index contributed by atoms with van der Waals surface area (Å²) in [5.74, 6) is -3.44. The topological polar surface area (TPSA) is 79.5 Å². The van der Waals surface area contributed by atoms with Crippen molar-refractivity contribution in [2.45, 2.75) is 64.5 Å². The number of hydrogen-bond acceptors (Lipinski definition) is 6. The maximum absolute atomic E-state index is 14.3. The van der Waals surface area contributed by atoms with E-state index >= 15 is 0 Å². The molecule has 0 fully saturated rings. The third-order valence-corrected chi connectivity index (χ3v) is 8.67. The maximum atomic E-state index is 14.3. The molecule has 3 heterocycles. The van der Waals surface area contributed by atoms with Crippen LogP contribution >= 0.6 is 22.7 Å². The van der Waals surface area contributed by atoms with Crippen molar-refractivity contribution in [2.75, 3.05) is 18.5 Å². The van der Waals surface area contributed by atoms with E-state index in [1.54, 1.807) is 6.08 Å². The predicted octanol–water partition coefficient (Wildman–Crippen LogP) is 5.50. The third kappa shape index (κ3) is 5.34. The second-order valence-corrected chi connectivity index (χ2v) is 10.8. The Bertz CT molecular complexity index is 1090. The fourth-order valence-corrected chi connectivity index (χ4v) is 6.97. The molecule has 3 N–H and O–H groups in total. The first kappa shape index (κ1) is 24.8. The average Bonchev–Trinajstić information content (AvgIpc) is 3.36. The van der Waals surface area contributed by atoms with E-state index in [-0.39, 0.29) is 18.0 Å². The molecule has 0 saturated carbocycles. The first-order valence-electron chi connectivity index (χ1n) is 11.5. The van der Waals surface area contributed by atoms with E-state index in [2.05, 4.69) is 22.5 Å². The molecule has 34 heavy (non-hydrogen) atoms. The van der Waals surface area contributed by atoms with Crippen LogP contribution in [0.1, 0.15) is 67.9 Å². The first-order chi connectivity index (χ1) is 16.3. The van der Waals surface area contributed by atoms with Gasteiger partial charge in [0.15, 0.2) is 0 Å². The summed E-state index contributed by atoms with van der Waals surface area (Å²) in [6.07, 6.45) is 6.53. The second kappa shape index (κ2) is 10.5. The summed E-state index contributed by atoms with van der Waals surface area (Å²) in [7, 11) is 0. The number of halogens is 2. The van der Waals surface area contributed by atoms with Gasteiger partial charge in [0.25, 0.3) is 5.92 Å². The number of amides is 2. The molecule has 2 amide bonds. The molecule has 0 aromatic carbocycles. The highest BCUT2D eigenvalue weighted by atomic mass is 32.1. The van der Waals surface area contributed by atoms with Gasteiger partial charge in [-0.3, -0.25) is 5.32 Å². The molecule has 4 rings (SSSR count). The van der Waals surface area contributed by atoms with Crippen molar-refractivity contribution in [1.29, 1.82) is 0 Å². The standard InChI is InChI=1S/C24H29F2N3O3S2/c1-3-4-11-32-22(30)19-15-7-5-6-8-17(15)34-21(19)29-23(31)28-12-16-14-9-10-27-13-18(14)33-20(16)24(2,25)26/h3,27H,1,4-13H2,2H3,(H2,28,29,31). The molecule has 184 valence electrons. The van der Waals surface area contributed by atoms with Gasteiger partial charge >= 0.3 is 12.0 Å².